The Balaban J connectivity index is 1.57. The molecule has 0 fully saturated rings. The van der Waals surface area contributed by atoms with Gasteiger partial charge in [0.25, 0.3) is 5.56 Å². The van der Waals surface area contributed by atoms with E-state index >= 15 is 0 Å². The number of aryl methyl sites for hydroxylation is 1. The Labute approximate surface area is 183 Å². The predicted octanol–water partition coefficient (Wildman–Crippen LogP) is 4.21. The van der Waals surface area contributed by atoms with E-state index in [2.05, 4.69) is 4.98 Å². The van der Waals surface area contributed by atoms with Crippen molar-refractivity contribution in [3.63, 3.8) is 0 Å². The Morgan fingerprint density at radius 1 is 1.03 bits per heavy atom. The Morgan fingerprint density at radius 3 is 2.56 bits per heavy atom. The molecule has 0 aliphatic carbocycles. The molecule has 0 spiro atoms. The van der Waals surface area contributed by atoms with Gasteiger partial charge in [0.2, 0.25) is 0 Å². The number of hydrogen-bond acceptors (Lipinski definition) is 5. The number of rotatable bonds is 7. The summed E-state index contributed by atoms with van der Waals surface area (Å²) in [5.41, 5.74) is 2.51. The van der Waals surface area contributed by atoms with Crippen LogP contribution in [0, 0.1) is 5.82 Å². The first-order valence-electron chi connectivity index (χ1n) is 10.1. The Morgan fingerprint density at radius 2 is 1.81 bits per heavy atom. The first kappa shape index (κ1) is 21.2. The zero-order valence-electron chi connectivity index (χ0n) is 17.5. The van der Waals surface area contributed by atoms with E-state index in [1.54, 1.807) is 48.1 Å². The highest BCUT2D eigenvalue weighted by Crippen LogP contribution is 2.19. The highest BCUT2D eigenvalue weighted by Gasteiger charge is 2.14. The number of carbonyl (C=O) groups excluding carboxylic acids is 1. The first-order chi connectivity index (χ1) is 15.5. The third-order valence-corrected chi connectivity index (χ3v) is 5.01. The lowest BCUT2D eigenvalue weighted by atomic mass is 10.2. The number of methoxy groups -OCH3 is 1. The largest absolute Gasteiger partial charge is 0.497 e. The van der Waals surface area contributed by atoms with E-state index in [1.807, 2.05) is 24.3 Å². The number of ether oxygens (including phenoxy) is 2. The molecule has 0 N–H and O–H groups in total. The van der Waals surface area contributed by atoms with Gasteiger partial charge in [-0.3, -0.25) is 14.2 Å². The third-order valence-electron chi connectivity index (χ3n) is 5.01. The fraction of sp³-hybridized carbons (Fsp3) is 0.160. The van der Waals surface area contributed by atoms with Gasteiger partial charge in [-0.1, -0.05) is 24.3 Å². The van der Waals surface area contributed by atoms with Crippen LogP contribution in [0.4, 0.5) is 4.39 Å². The predicted molar refractivity (Wildman–Crippen MR) is 118 cm³/mol. The molecular formula is C25H21FN2O4. The average molecular weight is 432 g/mol. The lowest BCUT2D eigenvalue weighted by Crippen LogP contribution is -2.25. The second-order valence-corrected chi connectivity index (χ2v) is 7.18. The number of hydrogen-bond donors (Lipinski definition) is 0. The van der Waals surface area contributed by atoms with Gasteiger partial charge in [-0.25, -0.2) is 9.37 Å². The summed E-state index contributed by atoms with van der Waals surface area (Å²) in [6.45, 7) is -0.0299. The first-order valence-corrected chi connectivity index (χ1v) is 10.1. The zero-order chi connectivity index (χ0) is 22.5. The van der Waals surface area contributed by atoms with Gasteiger partial charge in [0.1, 0.15) is 23.9 Å². The third kappa shape index (κ3) is 4.67. The van der Waals surface area contributed by atoms with Gasteiger partial charge in [0, 0.05) is 12.1 Å². The SMILES string of the molecule is COc1ccc(-n2c(=O)c(CCC(=O)OCc3cccc(F)c3)nc3ccccc32)cc1. The van der Waals surface area contributed by atoms with Gasteiger partial charge in [0.15, 0.2) is 0 Å². The minimum Gasteiger partial charge on any atom is -0.497 e. The number of aromatic nitrogens is 2. The minimum absolute atomic E-state index is 0.0154. The van der Waals surface area contributed by atoms with Crippen molar-refractivity contribution in [1.82, 2.24) is 9.55 Å². The summed E-state index contributed by atoms with van der Waals surface area (Å²) in [4.78, 5) is 29.9. The molecule has 32 heavy (non-hydrogen) atoms. The van der Waals surface area contributed by atoms with Crippen molar-refractivity contribution in [2.75, 3.05) is 7.11 Å². The number of halogens is 1. The molecule has 7 heteroatoms. The van der Waals surface area contributed by atoms with E-state index in [-0.39, 0.29) is 30.7 Å². The van der Waals surface area contributed by atoms with Crippen LogP contribution in [0.25, 0.3) is 16.7 Å². The Hall–Kier alpha value is -4.00. The number of fused-ring (bicyclic) bond motifs is 1. The van der Waals surface area contributed by atoms with Crippen molar-refractivity contribution in [2.24, 2.45) is 0 Å². The maximum Gasteiger partial charge on any atom is 0.306 e. The van der Waals surface area contributed by atoms with Gasteiger partial charge < -0.3 is 9.47 Å². The summed E-state index contributed by atoms with van der Waals surface area (Å²) in [6, 6.07) is 20.3. The number of benzene rings is 3. The molecule has 4 rings (SSSR count). The summed E-state index contributed by atoms with van der Waals surface area (Å²) in [7, 11) is 1.58. The zero-order valence-corrected chi connectivity index (χ0v) is 17.5. The molecule has 0 amide bonds. The molecule has 0 radical (unpaired) electrons. The number of esters is 1. The van der Waals surface area contributed by atoms with Gasteiger partial charge in [0.05, 0.1) is 24.6 Å². The molecule has 4 aromatic rings. The van der Waals surface area contributed by atoms with Crippen molar-refractivity contribution in [3.05, 3.63) is 100 Å². The molecule has 6 nitrogen and oxygen atoms in total. The lowest BCUT2D eigenvalue weighted by molar-refractivity contribution is -0.144. The van der Waals surface area contributed by atoms with Crippen LogP contribution in [-0.4, -0.2) is 22.6 Å². The van der Waals surface area contributed by atoms with E-state index in [0.717, 1.165) is 0 Å². The fourth-order valence-corrected chi connectivity index (χ4v) is 3.41. The van der Waals surface area contributed by atoms with Crippen LogP contribution < -0.4 is 10.3 Å². The van der Waals surface area contributed by atoms with Gasteiger partial charge in [-0.05, 0) is 54.1 Å². The fourth-order valence-electron chi connectivity index (χ4n) is 3.41. The second-order valence-electron chi connectivity index (χ2n) is 7.18. The molecule has 3 aromatic carbocycles. The summed E-state index contributed by atoms with van der Waals surface area (Å²) in [5, 5.41) is 0. The molecule has 1 heterocycles. The summed E-state index contributed by atoms with van der Waals surface area (Å²) < 4.78 is 25.3. The number of para-hydroxylation sites is 2. The molecule has 162 valence electrons. The minimum atomic E-state index is -0.486. The second kappa shape index (κ2) is 9.43. The van der Waals surface area contributed by atoms with E-state index in [9.17, 15) is 14.0 Å². The van der Waals surface area contributed by atoms with E-state index in [1.165, 1.54) is 12.1 Å². The number of nitrogens with zero attached hydrogens (tertiary/aromatic N) is 2. The standard InChI is InChI=1S/C25H21FN2O4/c1-31-20-11-9-19(10-12-20)28-23-8-3-2-7-21(23)27-22(25(28)30)13-14-24(29)32-16-17-5-4-6-18(26)15-17/h2-12,15H,13-14,16H2,1H3. The molecule has 1 aromatic heterocycles. The Kier molecular flexibility index (Phi) is 6.26. The van der Waals surface area contributed by atoms with Crippen LogP contribution in [0.5, 0.6) is 5.75 Å². The highest BCUT2D eigenvalue weighted by atomic mass is 19.1. The van der Waals surface area contributed by atoms with E-state index < -0.39 is 11.8 Å². The summed E-state index contributed by atoms with van der Waals surface area (Å²) in [5.74, 6) is -0.195. The van der Waals surface area contributed by atoms with E-state index in [4.69, 9.17) is 9.47 Å². The highest BCUT2D eigenvalue weighted by molar-refractivity contribution is 5.77. The van der Waals surface area contributed by atoms with Crippen molar-refractivity contribution in [1.29, 1.82) is 0 Å². The molecule has 0 bridgehead atoms. The van der Waals surface area contributed by atoms with Crippen LogP contribution >= 0.6 is 0 Å². The van der Waals surface area contributed by atoms with Gasteiger partial charge in [-0.2, -0.15) is 0 Å². The van der Waals surface area contributed by atoms with E-state index in [0.29, 0.717) is 28.0 Å². The monoisotopic (exact) mass is 432 g/mol. The molecule has 0 aliphatic heterocycles. The van der Waals surface area contributed by atoms with Crippen molar-refractivity contribution in [2.45, 2.75) is 19.4 Å². The van der Waals surface area contributed by atoms with Crippen molar-refractivity contribution < 1.29 is 18.7 Å². The summed E-state index contributed by atoms with van der Waals surface area (Å²) >= 11 is 0. The van der Waals surface area contributed by atoms with Crippen LogP contribution in [0.1, 0.15) is 17.7 Å². The van der Waals surface area contributed by atoms with Crippen LogP contribution in [-0.2, 0) is 22.6 Å². The maximum atomic E-state index is 13.3. The molecular weight excluding hydrogens is 411 g/mol. The van der Waals surface area contributed by atoms with Gasteiger partial charge in [-0.15, -0.1) is 0 Å². The normalized spacial score (nSPS) is 10.8. The molecule has 0 aliphatic rings. The Bertz CT molecular complexity index is 1320. The average Bonchev–Trinajstić information content (AvgIpc) is 2.81. The molecule has 0 saturated heterocycles. The number of carbonyl (C=O) groups is 1. The van der Waals surface area contributed by atoms with Crippen LogP contribution in [0.15, 0.2) is 77.6 Å². The maximum absolute atomic E-state index is 13.3. The quantitative estimate of drug-likeness (QED) is 0.409. The molecule has 0 saturated carbocycles. The van der Waals surface area contributed by atoms with Crippen LogP contribution in [0.3, 0.4) is 0 Å². The smallest absolute Gasteiger partial charge is 0.306 e. The molecule has 0 unspecified atom stereocenters. The van der Waals surface area contributed by atoms with Crippen molar-refractivity contribution >= 4 is 17.0 Å². The lowest BCUT2D eigenvalue weighted by Gasteiger charge is -2.13. The summed E-state index contributed by atoms with van der Waals surface area (Å²) in [6.07, 6.45) is 0.111. The topological polar surface area (TPSA) is 70.4 Å². The van der Waals surface area contributed by atoms with Crippen molar-refractivity contribution in [3.8, 4) is 11.4 Å². The van der Waals surface area contributed by atoms with Gasteiger partial charge >= 0.3 is 5.97 Å². The molecule has 0 atom stereocenters. The van der Waals surface area contributed by atoms with Crippen LogP contribution in [0.2, 0.25) is 0 Å².